The molecule has 0 aromatic heterocycles. The van der Waals surface area contributed by atoms with E-state index in [1.165, 1.54) is 37.3 Å². The van der Waals surface area contributed by atoms with Crippen LogP contribution in [0.2, 0.25) is 5.02 Å². The SMILES string of the molecule is CCNC(=O)[C@H](CC)N(Cc1ccc(Cl)cc1)C(=O)CN(c1cc(OC)ccc1OC)S(=O)(=O)c1ccccc1. The number of hydrogen-bond donors (Lipinski definition) is 1. The molecule has 1 atom stereocenters. The highest BCUT2D eigenvalue weighted by Crippen LogP contribution is 2.36. The van der Waals surface area contributed by atoms with E-state index in [0.29, 0.717) is 23.7 Å². The molecule has 214 valence electrons. The van der Waals surface area contributed by atoms with Gasteiger partial charge >= 0.3 is 0 Å². The predicted octanol–water partition coefficient (Wildman–Crippen LogP) is 4.50. The Kier molecular flexibility index (Phi) is 10.8. The van der Waals surface area contributed by atoms with Crippen molar-refractivity contribution >= 4 is 39.1 Å². The summed E-state index contributed by atoms with van der Waals surface area (Å²) in [7, 11) is -1.38. The molecular formula is C29H34ClN3O6S. The van der Waals surface area contributed by atoms with Gasteiger partial charge in [0.2, 0.25) is 11.8 Å². The minimum absolute atomic E-state index is 0.00677. The van der Waals surface area contributed by atoms with Crippen molar-refractivity contribution in [3.05, 3.63) is 83.4 Å². The zero-order valence-corrected chi connectivity index (χ0v) is 24.5. The maximum Gasteiger partial charge on any atom is 0.264 e. The molecule has 0 aliphatic heterocycles. The third kappa shape index (κ3) is 7.25. The lowest BCUT2D eigenvalue weighted by Gasteiger charge is -2.33. The number of anilines is 1. The third-order valence-electron chi connectivity index (χ3n) is 6.27. The van der Waals surface area contributed by atoms with Gasteiger partial charge in [0, 0.05) is 24.2 Å². The molecule has 3 aromatic carbocycles. The average Bonchev–Trinajstić information content (AvgIpc) is 2.96. The third-order valence-corrected chi connectivity index (χ3v) is 8.29. The van der Waals surface area contributed by atoms with Crippen molar-refractivity contribution in [1.82, 2.24) is 10.2 Å². The lowest BCUT2D eigenvalue weighted by molar-refractivity contribution is -0.140. The van der Waals surface area contributed by atoms with Gasteiger partial charge in [-0.1, -0.05) is 48.9 Å². The summed E-state index contributed by atoms with van der Waals surface area (Å²) in [4.78, 5) is 28.5. The van der Waals surface area contributed by atoms with E-state index in [9.17, 15) is 18.0 Å². The standard InChI is InChI=1S/C29H34ClN3O6S/c1-5-25(29(35)31-6-2)32(19-21-12-14-22(30)15-13-21)28(34)20-33(40(36,37)24-10-8-7-9-11-24)26-18-23(38-3)16-17-27(26)39-4/h7-18,25H,5-6,19-20H2,1-4H3,(H,31,35)/t25-/m0/s1. The number of nitrogens with zero attached hydrogens (tertiary/aromatic N) is 2. The summed E-state index contributed by atoms with van der Waals surface area (Å²) in [5.41, 5.74) is 0.855. The molecule has 0 spiro atoms. The summed E-state index contributed by atoms with van der Waals surface area (Å²) in [5.74, 6) is -0.294. The predicted molar refractivity (Wildman–Crippen MR) is 155 cm³/mol. The Morgan fingerprint density at radius 2 is 1.62 bits per heavy atom. The fraction of sp³-hybridized carbons (Fsp3) is 0.310. The second-order valence-electron chi connectivity index (χ2n) is 8.83. The first-order valence-electron chi connectivity index (χ1n) is 12.8. The summed E-state index contributed by atoms with van der Waals surface area (Å²) in [6, 6.07) is 18.6. The first-order chi connectivity index (χ1) is 19.2. The Morgan fingerprint density at radius 1 is 0.950 bits per heavy atom. The number of carbonyl (C=O) groups excluding carboxylic acids is 2. The van der Waals surface area contributed by atoms with E-state index >= 15 is 0 Å². The van der Waals surface area contributed by atoms with Crippen LogP contribution < -0.4 is 19.1 Å². The van der Waals surface area contributed by atoms with Crippen molar-refractivity contribution < 1.29 is 27.5 Å². The molecule has 0 heterocycles. The number of benzene rings is 3. The average molecular weight is 588 g/mol. The Hall–Kier alpha value is -3.76. The molecule has 3 rings (SSSR count). The van der Waals surface area contributed by atoms with Crippen LogP contribution in [0.5, 0.6) is 11.5 Å². The highest BCUT2D eigenvalue weighted by Gasteiger charge is 2.34. The first-order valence-corrected chi connectivity index (χ1v) is 14.6. The molecule has 11 heteroatoms. The number of amides is 2. The second kappa shape index (κ2) is 14.0. The van der Waals surface area contributed by atoms with E-state index < -0.39 is 28.5 Å². The molecule has 2 amide bonds. The highest BCUT2D eigenvalue weighted by molar-refractivity contribution is 7.92. The van der Waals surface area contributed by atoms with Gasteiger partial charge in [-0.2, -0.15) is 0 Å². The smallest absolute Gasteiger partial charge is 0.264 e. The fourth-order valence-corrected chi connectivity index (χ4v) is 5.79. The van der Waals surface area contributed by atoms with Crippen molar-refractivity contribution in [2.45, 2.75) is 37.8 Å². The van der Waals surface area contributed by atoms with Crippen LogP contribution in [0, 0.1) is 0 Å². The van der Waals surface area contributed by atoms with Crippen molar-refractivity contribution in [2.75, 3.05) is 31.6 Å². The van der Waals surface area contributed by atoms with Crippen molar-refractivity contribution in [1.29, 1.82) is 0 Å². The van der Waals surface area contributed by atoms with Gasteiger partial charge in [0.1, 0.15) is 24.1 Å². The van der Waals surface area contributed by atoms with Gasteiger partial charge in [0.05, 0.1) is 24.8 Å². The molecule has 0 unspecified atom stereocenters. The van der Waals surface area contributed by atoms with Gasteiger partial charge in [0.25, 0.3) is 10.0 Å². The Balaban J connectivity index is 2.13. The summed E-state index contributed by atoms with van der Waals surface area (Å²) >= 11 is 6.05. The van der Waals surface area contributed by atoms with Gasteiger partial charge in [-0.05, 0) is 55.3 Å². The Morgan fingerprint density at radius 3 is 2.20 bits per heavy atom. The Labute approximate surface area is 240 Å². The van der Waals surface area contributed by atoms with Crippen LogP contribution in [-0.4, -0.2) is 58.5 Å². The van der Waals surface area contributed by atoms with Crippen LogP contribution in [0.25, 0.3) is 0 Å². The quantitative estimate of drug-likeness (QED) is 0.316. The first kappa shape index (κ1) is 30.8. The number of carbonyl (C=O) groups is 2. The van der Waals surface area contributed by atoms with Gasteiger partial charge in [-0.25, -0.2) is 8.42 Å². The van der Waals surface area contributed by atoms with Crippen LogP contribution in [0.3, 0.4) is 0 Å². The van der Waals surface area contributed by atoms with Gasteiger partial charge in [0.15, 0.2) is 0 Å². The topological polar surface area (TPSA) is 105 Å². The van der Waals surface area contributed by atoms with Crippen LogP contribution >= 0.6 is 11.6 Å². The molecule has 1 N–H and O–H groups in total. The Bertz CT molecular complexity index is 1400. The van der Waals surface area contributed by atoms with E-state index in [4.69, 9.17) is 21.1 Å². The number of methoxy groups -OCH3 is 2. The molecule has 0 saturated heterocycles. The molecule has 0 bridgehead atoms. The summed E-state index contributed by atoms with van der Waals surface area (Å²) < 4.78 is 39.8. The maximum atomic E-state index is 14.1. The molecule has 0 aliphatic carbocycles. The van der Waals surface area contributed by atoms with Crippen LogP contribution in [0.4, 0.5) is 5.69 Å². The van der Waals surface area contributed by atoms with E-state index in [1.807, 2.05) is 0 Å². The van der Waals surface area contributed by atoms with Gasteiger partial charge in [-0.3, -0.25) is 13.9 Å². The minimum atomic E-state index is -4.25. The number of halogens is 1. The molecule has 0 saturated carbocycles. The summed E-state index contributed by atoms with van der Waals surface area (Å²) in [6.07, 6.45) is 0.319. The number of likely N-dealkylation sites (N-methyl/N-ethyl adjacent to an activating group) is 1. The van der Waals surface area contributed by atoms with E-state index in [2.05, 4.69) is 5.32 Å². The lowest BCUT2D eigenvalue weighted by Crippen LogP contribution is -2.52. The van der Waals surface area contributed by atoms with Gasteiger partial charge < -0.3 is 19.7 Å². The van der Waals surface area contributed by atoms with E-state index in [-0.39, 0.29) is 28.8 Å². The molecule has 0 aliphatic rings. The highest BCUT2D eigenvalue weighted by atomic mass is 35.5. The normalized spacial score (nSPS) is 11.8. The summed E-state index contributed by atoms with van der Waals surface area (Å²) in [5, 5.41) is 3.31. The molecule has 40 heavy (non-hydrogen) atoms. The monoisotopic (exact) mass is 587 g/mol. The number of rotatable bonds is 13. The van der Waals surface area contributed by atoms with E-state index in [1.54, 1.807) is 68.4 Å². The minimum Gasteiger partial charge on any atom is -0.497 e. The largest absolute Gasteiger partial charge is 0.497 e. The van der Waals surface area contributed by atoms with Crippen LogP contribution in [0.1, 0.15) is 25.8 Å². The molecule has 0 fully saturated rings. The second-order valence-corrected chi connectivity index (χ2v) is 11.1. The maximum absolute atomic E-state index is 14.1. The van der Waals surface area contributed by atoms with Crippen molar-refractivity contribution in [3.8, 4) is 11.5 Å². The molecule has 0 radical (unpaired) electrons. The molecular weight excluding hydrogens is 554 g/mol. The number of nitrogens with one attached hydrogen (secondary N) is 1. The molecule has 9 nitrogen and oxygen atoms in total. The van der Waals surface area contributed by atoms with Crippen LogP contribution in [-0.2, 0) is 26.2 Å². The van der Waals surface area contributed by atoms with Gasteiger partial charge in [-0.15, -0.1) is 0 Å². The molecule has 3 aromatic rings. The fourth-order valence-electron chi connectivity index (χ4n) is 4.22. The van der Waals surface area contributed by atoms with E-state index in [0.717, 1.165) is 9.87 Å². The number of sulfonamides is 1. The van der Waals surface area contributed by atoms with Crippen LogP contribution in [0.15, 0.2) is 77.7 Å². The zero-order valence-electron chi connectivity index (χ0n) is 23.0. The van der Waals surface area contributed by atoms with Crippen molar-refractivity contribution in [3.63, 3.8) is 0 Å². The van der Waals surface area contributed by atoms with Crippen molar-refractivity contribution in [2.24, 2.45) is 0 Å². The number of ether oxygens (including phenoxy) is 2. The zero-order chi connectivity index (χ0) is 29.3. The number of hydrogen-bond acceptors (Lipinski definition) is 6. The summed E-state index contributed by atoms with van der Waals surface area (Å²) in [6.45, 7) is 3.45. The lowest BCUT2D eigenvalue weighted by atomic mass is 10.1.